The highest BCUT2D eigenvalue weighted by Gasteiger charge is 2.38. The van der Waals surface area contributed by atoms with Crippen molar-refractivity contribution in [1.82, 2.24) is 29.8 Å². The van der Waals surface area contributed by atoms with Crippen LogP contribution in [0.1, 0.15) is 36.4 Å². The van der Waals surface area contributed by atoms with Crippen LogP contribution in [-0.4, -0.2) is 59.4 Å². The Hall–Kier alpha value is -3.50. The van der Waals surface area contributed by atoms with Gasteiger partial charge in [-0.15, -0.1) is 5.10 Å². The second-order valence-electron chi connectivity index (χ2n) is 8.87. The molecule has 0 amide bonds. The molecular formula is C23H23ClN8O2. The summed E-state index contributed by atoms with van der Waals surface area (Å²) >= 11 is 6.23. The van der Waals surface area contributed by atoms with Crippen molar-refractivity contribution in [1.29, 1.82) is 0 Å². The number of aromatic amines is 1. The minimum absolute atomic E-state index is 0.0708. The molecule has 2 aliphatic rings. The number of hydrogen-bond donors (Lipinski definition) is 3. The van der Waals surface area contributed by atoms with Crippen LogP contribution < -0.4 is 10.2 Å². The molecule has 4 aromatic rings. The summed E-state index contributed by atoms with van der Waals surface area (Å²) in [6.45, 7) is 0.262. The average molecular weight is 479 g/mol. The fourth-order valence-electron chi connectivity index (χ4n) is 4.45. The molecule has 11 heteroatoms. The Labute approximate surface area is 200 Å². The molecule has 6 rings (SSSR count). The fraction of sp³-hybridized carbons (Fsp3) is 0.348. The van der Waals surface area contributed by atoms with E-state index in [-0.39, 0.29) is 18.7 Å². The molecule has 0 spiro atoms. The van der Waals surface area contributed by atoms with Crippen LogP contribution in [0.2, 0.25) is 5.02 Å². The van der Waals surface area contributed by atoms with E-state index in [1.54, 1.807) is 27.9 Å². The number of aliphatic hydroxyl groups is 1. The maximum absolute atomic E-state index is 13.2. The standard InChI is InChI=1S/C23H23ClN8O2/c24-16-5-6-25-11-14(16)8-20(34)19-9-15(33)12-31(19)23-27-22(18-2-1-7-32(18)30-23)26-21-10-17(28-29-21)13-3-4-13/h1-2,5-7,10-11,13,15,19,33H,3-4,8-9,12H2,(H2,26,27,28,29,30)/t15-,19-/m0/s1. The zero-order valence-corrected chi connectivity index (χ0v) is 19.0. The predicted octanol–water partition coefficient (Wildman–Crippen LogP) is 2.87. The number of aromatic nitrogens is 6. The van der Waals surface area contributed by atoms with Crippen LogP contribution in [0.15, 0.2) is 42.9 Å². The third-order valence-corrected chi connectivity index (χ3v) is 6.73. The molecule has 5 heterocycles. The van der Waals surface area contributed by atoms with E-state index in [0.29, 0.717) is 40.5 Å². The van der Waals surface area contributed by atoms with Crippen LogP contribution in [0, 0.1) is 0 Å². The predicted molar refractivity (Wildman–Crippen MR) is 127 cm³/mol. The summed E-state index contributed by atoms with van der Waals surface area (Å²) < 4.78 is 1.71. The first-order valence-electron chi connectivity index (χ1n) is 11.3. The summed E-state index contributed by atoms with van der Waals surface area (Å²) in [5, 5.41) is 26.3. The smallest absolute Gasteiger partial charge is 0.246 e. The number of anilines is 3. The third kappa shape index (κ3) is 3.99. The van der Waals surface area contributed by atoms with E-state index in [0.717, 1.165) is 11.2 Å². The molecule has 4 aromatic heterocycles. The van der Waals surface area contributed by atoms with Gasteiger partial charge in [-0.05, 0) is 36.6 Å². The zero-order valence-electron chi connectivity index (χ0n) is 18.2. The van der Waals surface area contributed by atoms with Gasteiger partial charge < -0.3 is 15.3 Å². The quantitative estimate of drug-likeness (QED) is 0.370. The summed E-state index contributed by atoms with van der Waals surface area (Å²) in [5.41, 5.74) is 2.56. The lowest BCUT2D eigenvalue weighted by Gasteiger charge is -2.24. The molecular weight excluding hydrogens is 456 g/mol. The van der Waals surface area contributed by atoms with Gasteiger partial charge in [0.2, 0.25) is 5.95 Å². The van der Waals surface area contributed by atoms with Crippen LogP contribution in [0.25, 0.3) is 5.52 Å². The summed E-state index contributed by atoms with van der Waals surface area (Å²) in [6.07, 6.45) is 7.13. The molecule has 3 N–H and O–H groups in total. The molecule has 1 aliphatic carbocycles. The Morgan fingerprint density at radius 2 is 2.21 bits per heavy atom. The number of hydrogen-bond acceptors (Lipinski definition) is 8. The number of carbonyl (C=O) groups is 1. The van der Waals surface area contributed by atoms with Gasteiger partial charge in [0.1, 0.15) is 5.52 Å². The molecule has 1 aliphatic heterocycles. The van der Waals surface area contributed by atoms with Gasteiger partial charge in [0.05, 0.1) is 12.1 Å². The zero-order chi connectivity index (χ0) is 23.2. The number of nitrogens with zero attached hydrogens (tertiary/aromatic N) is 6. The lowest BCUT2D eigenvalue weighted by atomic mass is 10.0. The van der Waals surface area contributed by atoms with Crippen LogP contribution in [0.5, 0.6) is 0 Å². The SMILES string of the molecule is O=C(Cc1cnccc1Cl)[C@@H]1C[C@H](O)CN1c1nc(Nc2cc(C3CC3)[nH]n2)c2cccn2n1. The number of ketones is 1. The number of fused-ring (bicyclic) bond motifs is 1. The summed E-state index contributed by atoms with van der Waals surface area (Å²) in [7, 11) is 0. The Morgan fingerprint density at radius 3 is 3.03 bits per heavy atom. The lowest BCUT2D eigenvalue weighted by Crippen LogP contribution is -2.38. The Kier molecular flexibility index (Phi) is 5.19. The second-order valence-corrected chi connectivity index (χ2v) is 9.28. The molecule has 0 radical (unpaired) electrons. The summed E-state index contributed by atoms with van der Waals surface area (Å²) in [6, 6.07) is 6.88. The van der Waals surface area contributed by atoms with Gasteiger partial charge in [0.25, 0.3) is 0 Å². The Bertz CT molecular complexity index is 1360. The summed E-state index contributed by atoms with van der Waals surface area (Å²) in [4.78, 5) is 23.8. The van der Waals surface area contributed by atoms with Crippen LogP contribution in [-0.2, 0) is 11.2 Å². The average Bonchev–Trinajstić information content (AvgIpc) is 3.19. The Morgan fingerprint density at radius 1 is 1.32 bits per heavy atom. The highest BCUT2D eigenvalue weighted by Crippen LogP contribution is 2.39. The minimum atomic E-state index is -0.661. The van der Waals surface area contributed by atoms with Gasteiger partial charge >= 0.3 is 0 Å². The van der Waals surface area contributed by atoms with Gasteiger partial charge in [-0.25, -0.2) is 4.52 Å². The first kappa shape index (κ1) is 21.1. The van der Waals surface area contributed by atoms with Crippen molar-refractivity contribution in [2.24, 2.45) is 0 Å². The van der Waals surface area contributed by atoms with E-state index in [9.17, 15) is 9.90 Å². The molecule has 0 unspecified atom stereocenters. The van der Waals surface area contributed by atoms with Crippen molar-refractivity contribution < 1.29 is 9.90 Å². The number of pyridine rings is 1. The van der Waals surface area contributed by atoms with Crippen molar-refractivity contribution >= 4 is 40.5 Å². The van der Waals surface area contributed by atoms with Crippen molar-refractivity contribution in [2.75, 3.05) is 16.8 Å². The third-order valence-electron chi connectivity index (χ3n) is 6.36. The van der Waals surface area contributed by atoms with Crippen molar-refractivity contribution in [3.05, 3.63) is 59.1 Å². The number of β-amino-alcohol motifs (C(OH)–C–C–N with tert-alkyl or cyclic N) is 1. The molecule has 2 atom stereocenters. The van der Waals surface area contributed by atoms with Gasteiger partial charge in [0, 0.05) is 60.7 Å². The molecule has 174 valence electrons. The van der Waals surface area contributed by atoms with Gasteiger partial charge in [0.15, 0.2) is 17.4 Å². The number of nitrogens with one attached hydrogen (secondary N) is 2. The molecule has 34 heavy (non-hydrogen) atoms. The van der Waals surface area contributed by atoms with Gasteiger partial charge in [-0.3, -0.25) is 14.9 Å². The lowest BCUT2D eigenvalue weighted by molar-refractivity contribution is -0.119. The number of aliphatic hydroxyl groups excluding tert-OH is 1. The topological polar surface area (TPSA) is 124 Å². The van der Waals surface area contributed by atoms with Gasteiger partial charge in [-0.1, -0.05) is 11.6 Å². The van der Waals surface area contributed by atoms with E-state index in [2.05, 4.69) is 25.6 Å². The van der Waals surface area contributed by atoms with Gasteiger partial charge in [-0.2, -0.15) is 10.1 Å². The molecule has 10 nitrogen and oxygen atoms in total. The largest absolute Gasteiger partial charge is 0.391 e. The van der Waals surface area contributed by atoms with Crippen molar-refractivity contribution in [2.45, 2.75) is 43.7 Å². The molecule has 0 aromatic carbocycles. The normalized spacial score (nSPS) is 20.2. The number of carbonyl (C=O) groups excluding carboxylic acids is 1. The first-order valence-corrected chi connectivity index (χ1v) is 11.7. The van der Waals surface area contributed by atoms with E-state index >= 15 is 0 Å². The monoisotopic (exact) mass is 478 g/mol. The molecule has 0 bridgehead atoms. The Balaban J connectivity index is 1.30. The second kappa shape index (κ2) is 8.37. The molecule has 1 saturated carbocycles. The maximum atomic E-state index is 13.2. The van der Waals surface area contributed by atoms with Crippen molar-refractivity contribution in [3.63, 3.8) is 0 Å². The minimum Gasteiger partial charge on any atom is -0.391 e. The van der Waals surface area contributed by atoms with Crippen LogP contribution in [0.4, 0.5) is 17.6 Å². The van der Waals surface area contributed by atoms with Crippen LogP contribution in [0.3, 0.4) is 0 Å². The molecule has 1 saturated heterocycles. The number of rotatable bonds is 7. The first-order chi connectivity index (χ1) is 16.5. The van der Waals surface area contributed by atoms with Crippen molar-refractivity contribution in [3.8, 4) is 0 Å². The van der Waals surface area contributed by atoms with E-state index in [1.807, 2.05) is 24.4 Å². The van der Waals surface area contributed by atoms with E-state index < -0.39 is 12.1 Å². The fourth-order valence-corrected chi connectivity index (χ4v) is 4.62. The maximum Gasteiger partial charge on any atom is 0.246 e. The molecule has 2 fully saturated rings. The van der Waals surface area contributed by atoms with Crippen LogP contribution >= 0.6 is 11.6 Å². The number of halogens is 1. The van der Waals surface area contributed by atoms with E-state index in [1.165, 1.54) is 12.8 Å². The number of Topliss-reactive ketones (excluding diaryl/α,β-unsaturated/α-hetero) is 1. The highest BCUT2D eigenvalue weighted by atomic mass is 35.5. The van der Waals surface area contributed by atoms with E-state index in [4.69, 9.17) is 16.6 Å². The number of H-pyrrole nitrogens is 1. The highest BCUT2D eigenvalue weighted by molar-refractivity contribution is 6.31. The summed E-state index contributed by atoms with van der Waals surface area (Å²) in [5.74, 6) is 2.10.